The molecule has 0 saturated heterocycles. The van der Waals surface area contributed by atoms with Gasteiger partial charge in [0.05, 0.1) is 5.69 Å². The van der Waals surface area contributed by atoms with Crippen molar-refractivity contribution in [2.24, 2.45) is 0 Å². The van der Waals surface area contributed by atoms with E-state index in [0.717, 1.165) is 16.3 Å². The maximum atomic E-state index is 12.4. The van der Waals surface area contributed by atoms with Crippen molar-refractivity contribution in [2.75, 3.05) is 6.54 Å². The predicted octanol–water partition coefficient (Wildman–Crippen LogP) is 2.79. The summed E-state index contributed by atoms with van der Waals surface area (Å²) in [5.74, 6) is 0.407. The summed E-state index contributed by atoms with van der Waals surface area (Å²) in [4.78, 5) is 36.5. The number of amides is 1. The SMILES string of the molecule is Cc1cc(=O)[nH]c(CCNC(=O)c2cccc(-c3nc(C)c(C)s3)c2)n1. The Morgan fingerprint density at radius 1 is 1.19 bits per heavy atom. The van der Waals surface area contributed by atoms with Gasteiger partial charge in [0.2, 0.25) is 0 Å². The van der Waals surface area contributed by atoms with E-state index in [4.69, 9.17) is 0 Å². The Bertz CT molecular complexity index is 987. The zero-order valence-corrected chi connectivity index (χ0v) is 15.7. The normalized spacial score (nSPS) is 10.7. The Morgan fingerprint density at radius 3 is 2.69 bits per heavy atom. The molecule has 6 nitrogen and oxygen atoms in total. The topological polar surface area (TPSA) is 87.7 Å². The number of nitrogens with one attached hydrogen (secondary N) is 2. The van der Waals surface area contributed by atoms with Crippen LogP contribution in [0.1, 0.15) is 32.4 Å². The minimum absolute atomic E-state index is 0.160. The van der Waals surface area contributed by atoms with Crippen molar-refractivity contribution in [2.45, 2.75) is 27.2 Å². The lowest BCUT2D eigenvalue weighted by Crippen LogP contribution is -2.26. The smallest absolute Gasteiger partial charge is 0.251 e. The van der Waals surface area contributed by atoms with Gasteiger partial charge in [0, 0.05) is 40.7 Å². The van der Waals surface area contributed by atoms with Crippen molar-refractivity contribution in [3.8, 4) is 10.6 Å². The van der Waals surface area contributed by atoms with Gasteiger partial charge in [0.15, 0.2) is 0 Å². The molecule has 0 unspecified atom stereocenters. The van der Waals surface area contributed by atoms with Crippen LogP contribution < -0.4 is 10.9 Å². The van der Waals surface area contributed by atoms with Gasteiger partial charge in [0.25, 0.3) is 11.5 Å². The molecule has 0 fully saturated rings. The van der Waals surface area contributed by atoms with Gasteiger partial charge in [-0.3, -0.25) is 9.59 Å². The summed E-state index contributed by atoms with van der Waals surface area (Å²) in [5, 5.41) is 3.78. The summed E-state index contributed by atoms with van der Waals surface area (Å²) in [6.07, 6.45) is 0.465. The van der Waals surface area contributed by atoms with E-state index < -0.39 is 0 Å². The number of thiazole rings is 1. The molecule has 0 aliphatic carbocycles. The zero-order valence-electron chi connectivity index (χ0n) is 14.9. The molecule has 0 bridgehead atoms. The first kappa shape index (κ1) is 18.0. The maximum Gasteiger partial charge on any atom is 0.251 e. The van der Waals surface area contributed by atoms with Gasteiger partial charge < -0.3 is 10.3 Å². The monoisotopic (exact) mass is 368 g/mol. The number of hydrogen-bond acceptors (Lipinski definition) is 5. The minimum Gasteiger partial charge on any atom is -0.352 e. The summed E-state index contributed by atoms with van der Waals surface area (Å²) >= 11 is 1.62. The quantitative estimate of drug-likeness (QED) is 0.725. The van der Waals surface area contributed by atoms with Crippen LogP contribution in [0, 0.1) is 20.8 Å². The van der Waals surface area contributed by atoms with E-state index in [1.807, 2.05) is 32.0 Å². The number of hydrogen-bond donors (Lipinski definition) is 2. The third-order valence-electron chi connectivity index (χ3n) is 3.97. The third kappa shape index (κ3) is 4.23. The van der Waals surface area contributed by atoms with Crippen LogP contribution >= 0.6 is 11.3 Å². The van der Waals surface area contributed by atoms with Crippen LogP contribution in [0.4, 0.5) is 0 Å². The highest BCUT2D eigenvalue weighted by Crippen LogP contribution is 2.27. The standard InChI is InChI=1S/C19H20N4O2S/c1-11-9-17(24)23-16(21-11)7-8-20-18(25)14-5-4-6-15(10-14)19-22-12(2)13(3)26-19/h4-6,9-10H,7-8H2,1-3H3,(H,20,25)(H,21,23,24). The molecule has 1 aromatic carbocycles. The molecular weight excluding hydrogens is 348 g/mol. The zero-order chi connectivity index (χ0) is 18.7. The average Bonchev–Trinajstić information content (AvgIpc) is 2.93. The van der Waals surface area contributed by atoms with E-state index >= 15 is 0 Å². The Labute approximate surface area is 155 Å². The molecule has 26 heavy (non-hydrogen) atoms. The second-order valence-electron chi connectivity index (χ2n) is 6.08. The van der Waals surface area contributed by atoms with Gasteiger partial charge in [0.1, 0.15) is 10.8 Å². The van der Waals surface area contributed by atoms with Crippen molar-refractivity contribution in [1.29, 1.82) is 0 Å². The van der Waals surface area contributed by atoms with Crippen molar-refractivity contribution < 1.29 is 4.79 Å². The van der Waals surface area contributed by atoms with Crippen LogP contribution in [0.25, 0.3) is 10.6 Å². The molecule has 134 valence electrons. The van der Waals surface area contributed by atoms with Crippen molar-refractivity contribution in [1.82, 2.24) is 20.3 Å². The molecule has 3 rings (SSSR count). The number of carbonyl (C=O) groups excluding carboxylic acids is 1. The summed E-state index contributed by atoms with van der Waals surface area (Å²) in [7, 11) is 0. The van der Waals surface area contributed by atoms with Crippen LogP contribution in [0.2, 0.25) is 0 Å². The number of rotatable bonds is 5. The molecule has 2 heterocycles. The largest absolute Gasteiger partial charge is 0.352 e. The second-order valence-corrected chi connectivity index (χ2v) is 7.28. The van der Waals surface area contributed by atoms with E-state index in [1.54, 1.807) is 24.3 Å². The highest BCUT2D eigenvalue weighted by Gasteiger charge is 2.10. The van der Waals surface area contributed by atoms with Crippen molar-refractivity contribution >= 4 is 17.2 Å². The summed E-state index contributed by atoms with van der Waals surface area (Å²) in [6.45, 7) is 6.18. The lowest BCUT2D eigenvalue weighted by atomic mass is 10.1. The van der Waals surface area contributed by atoms with Crippen LogP contribution in [0.3, 0.4) is 0 Å². The Hall–Kier alpha value is -2.80. The average molecular weight is 368 g/mol. The number of aromatic nitrogens is 3. The predicted molar refractivity (Wildman–Crippen MR) is 103 cm³/mol. The van der Waals surface area contributed by atoms with Gasteiger partial charge in [-0.25, -0.2) is 9.97 Å². The van der Waals surface area contributed by atoms with Crippen LogP contribution in [-0.2, 0) is 6.42 Å². The summed E-state index contributed by atoms with van der Waals surface area (Å²) < 4.78 is 0. The molecule has 0 spiro atoms. The number of benzene rings is 1. The molecule has 1 amide bonds. The fraction of sp³-hybridized carbons (Fsp3) is 0.263. The molecule has 0 aliphatic rings. The van der Waals surface area contributed by atoms with Gasteiger partial charge in [-0.2, -0.15) is 0 Å². The first-order chi connectivity index (χ1) is 12.4. The molecular formula is C19H20N4O2S. The first-order valence-corrected chi connectivity index (χ1v) is 9.13. The van der Waals surface area contributed by atoms with Gasteiger partial charge in [-0.1, -0.05) is 12.1 Å². The highest BCUT2D eigenvalue weighted by molar-refractivity contribution is 7.15. The number of H-pyrrole nitrogens is 1. The fourth-order valence-corrected chi connectivity index (χ4v) is 3.46. The van der Waals surface area contributed by atoms with E-state index in [-0.39, 0.29) is 11.5 Å². The number of aryl methyl sites for hydroxylation is 3. The lowest BCUT2D eigenvalue weighted by Gasteiger charge is -2.06. The van der Waals surface area contributed by atoms with Crippen LogP contribution in [0.15, 0.2) is 35.1 Å². The highest BCUT2D eigenvalue weighted by atomic mass is 32.1. The van der Waals surface area contributed by atoms with E-state index in [1.165, 1.54) is 10.9 Å². The summed E-state index contributed by atoms with van der Waals surface area (Å²) in [5.41, 5.74) is 3.01. The van der Waals surface area contributed by atoms with Gasteiger partial charge in [-0.05, 0) is 32.9 Å². The molecule has 0 saturated carbocycles. The molecule has 3 aromatic rings. The Morgan fingerprint density at radius 2 is 2.00 bits per heavy atom. The molecule has 0 radical (unpaired) electrons. The van der Waals surface area contributed by atoms with Gasteiger partial charge >= 0.3 is 0 Å². The molecule has 7 heteroatoms. The number of aromatic amines is 1. The Balaban J connectivity index is 1.66. The third-order valence-corrected chi connectivity index (χ3v) is 5.09. The van der Waals surface area contributed by atoms with E-state index in [9.17, 15) is 9.59 Å². The van der Waals surface area contributed by atoms with Crippen LogP contribution in [-0.4, -0.2) is 27.4 Å². The molecule has 2 N–H and O–H groups in total. The molecule has 2 aromatic heterocycles. The summed E-state index contributed by atoms with van der Waals surface area (Å²) in [6, 6.07) is 8.88. The second kappa shape index (κ2) is 7.61. The first-order valence-electron chi connectivity index (χ1n) is 8.32. The van der Waals surface area contributed by atoms with E-state index in [2.05, 4.69) is 20.3 Å². The number of carbonyl (C=O) groups is 1. The minimum atomic E-state index is -0.180. The maximum absolute atomic E-state index is 12.4. The lowest BCUT2D eigenvalue weighted by molar-refractivity contribution is 0.0954. The molecule has 0 atom stereocenters. The fourth-order valence-electron chi connectivity index (χ4n) is 2.55. The van der Waals surface area contributed by atoms with Crippen molar-refractivity contribution in [3.05, 3.63) is 68.3 Å². The molecule has 0 aliphatic heterocycles. The Kier molecular flexibility index (Phi) is 5.27. The van der Waals surface area contributed by atoms with E-state index in [0.29, 0.717) is 30.0 Å². The van der Waals surface area contributed by atoms with Gasteiger partial charge in [-0.15, -0.1) is 11.3 Å². The number of nitrogens with zero attached hydrogens (tertiary/aromatic N) is 2. The van der Waals surface area contributed by atoms with Crippen molar-refractivity contribution in [3.63, 3.8) is 0 Å². The van der Waals surface area contributed by atoms with Crippen LogP contribution in [0.5, 0.6) is 0 Å².